The fourth-order valence-corrected chi connectivity index (χ4v) is 3.92. The third kappa shape index (κ3) is 3.01. The van der Waals surface area contributed by atoms with Crippen LogP contribution in [0.4, 0.5) is 15.3 Å². The smallest absolute Gasteiger partial charge is 0.326 e. The van der Waals surface area contributed by atoms with Crippen LogP contribution in [0.15, 0.2) is 24.4 Å². The molecule has 10 nitrogen and oxygen atoms in total. The molecule has 5 N–H and O–H groups in total. The number of benzene rings is 1. The molecule has 2 aromatic rings. The molecule has 4 rings (SSSR count). The first-order valence-corrected chi connectivity index (χ1v) is 8.89. The summed E-state index contributed by atoms with van der Waals surface area (Å²) >= 11 is 0. The highest BCUT2D eigenvalue weighted by Crippen LogP contribution is 2.49. The van der Waals surface area contributed by atoms with Crippen LogP contribution in [0, 0.1) is 11.8 Å². The van der Waals surface area contributed by atoms with Gasteiger partial charge in [0, 0.05) is 18.1 Å². The first-order chi connectivity index (χ1) is 13.4. The number of aromatic nitrogens is 1. The van der Waals surface area contributed by atoms with E-state index in [4.69, 9.17) is 15.6 Å². The van der Waals surface area contributed by atoms with Crippen molar-refractivity contribution in [2.24, 2.45) is 17.6 Å². The lowest BCUT2D eigenvalue weighted by molar-refractivity contribution is -0.142. The second-order valence-electron chi connectivity index (χ2n) is 7.03. The molecule has 148 valence electrons. The lowest BCUT2D eigenvalue weighted by Gasteiger charge is -2.24. The van der Waals surface area contributed by atoms with Crippen LogP contribution >= 0.6 is 0 Å². The van der Waals surface area contributed by atoms with Gasteiger partial charge in [-0.1, -0.05) is 0 Å². The van der Waals surface area contributed by atoms with E-state index < -0.39 is 24.1 Å². The summed E-state index contributed by atoms with van der Waals surface area (Å²) < 4.78 is 6.58. The van der Waals surface area contributed by atoms with Crippen molar-refractivity contribution >= 4 is 34.6 Å². The fourth-order valence-electron chi connectivity index (χ4n) is 3.92. The molecular formula is C18H20N4O6. The number of hydrogen-bond donors (Lipinski definition) is 4. The summed E-state index contributed by atoms with van der Waals surface area (Å²) in [4.78, 5) is 37.3. The maximum absolute atomic E-state index is 12.7. The Kier molecular flexibility index (Phi) is 4.34. The molecule has 0 bridgehead atoms. The summed E-state index contributed by atoms with van der Waals surface area (Å²) in [7, 11) is 0. The van der Waals surface area contributed by atoms with Gasteiger partial charge in [0.2, 0.25) is 0 Å². The molecule has 1 aliphatic carbocycles. The number of carboxylic acids is 1. The number of aliphatic hydroxyl groups is 1. The standard InChI is InChI=1S/C18H20N4O6/c19-17(26)21-8-13(12-6-10(28-4-3-23)1-2-14(12)21)20-18(27)22-7-9-5-11(9)15(22)16(24)25/h1-2,6,8-9,11,15,23H,3-5,7H2,(H2,19,26)(H,20,27)(H,24,25)/t9-,11-,15-/m0/s1. The number of primary amides is 1. The number of aliphatic carboxylic acids is 1. The van der Waals surface area contributed by atoms with E-state index in [-0.39, 0.29) is 25.0 Å². The quantitative estimate of drug-likeness (QED) is 0.598. The van der Waals surface area contributed by atoms with Crippen molar-refractivity contribution < 1.29 is 29.3 Å². The summed E-state index contributed by atoms with van der Waals surface area (Å²) in [6, 6.07) is 2.77. The number of anilines is 1. The molecule has 3 atom stereocenters. The number of ether oxygens (including phenoxy) is 1. The Bertz CT molecular complexity index is 970. The van der Waals surface area contributed by atoms with Crippen molar-refractivity contribution in [3.8, 4) is 5.75 Å². The van der Waals surface area contributed by atoms with E-state index in [1.807, 2.05) is 0 Å². The number of carbonyl (C=O) groups is 3. The van der Waals surface area contributed by atoms with Crippen LogP contribution in [0.2, 0.25) is 0 Å². The number of hydrogen-bond acceptors (Lipinski definition) is 5. The third-order valence-electron chi connectivity index (χ3n) is 5.28. The number of likely N-dealkylation sites (tertiary alicyclic amines) is 1. The summed E-state index contributed by atoms with van der Waals surface area (Å²) in [6.07, 6.45) is 2.22. The van der Waals surface area contributed by atoms with Crippen molar-refractivity contribution in [3.05, 3.63) is 24.4 Å². The average molecular weight is 388 g/mol. The van der Waals surface area contributed by atoms with Crippen molar-refractivity contribution in [2.45, 2.75) is 12.5 Å². The first-order valence-electron chi connectivity index (χ1n) is 8.89. The summed E-state index contributed by atoms with van der Waals surface area (Å²) in [6.45, 7) is 0.338. The molecular weight excluding hydrogens is 368 g/mol. The molecule has 1 saturated carbocycles. The molecule has 1 aromatic carbocycles. The van der Waals surface area contributed by atoms with E-state index in [0.717, 1.165) is 6.42 Å². The van der Waals surface area contributed by atoms with E-state index in [1.165, 1.54) is 15.7 Å². The molecule has 0 radical (unpaired) electrons. The number of nitrogens with zero attached hydrogens (tertiary/aromatic N) is 2. The first kappa shape index (κ1) is 18.1. The van der Waals surface area contributed by atoms with Crippen molar-refractivity contribution in [2.75, 3.05) is 25.1 Å². The van der Waals surface area contributed by atoms with E-state index in [0.29, 0.717) is 28.9 Å². The Morgan fingerprint density at radius 2 is 2.11 bits per heavy atom. The number of fused-ring (bicyclic) bond motifs is 2. The van der Waals surface area contributed by atoms with Crippen LogP contribution in [-0.2, 0) is 4.79 Å². The van der Waals surface area contributed by atoms with Crippen molar-refractivity contribution in [1.29, 1.82) is 0 Å². The number of carboxylic acid groups (broad SMARTS) is 1. The highest BCUT2D eigenvalue weighted by molar-refractivity contribution is 6.05. The zero-order chi connectivity index (χ0) is 20.0. The van der Waals surface area contributed by atoms with Gasteiger partial charge in [-0.3, -0.25) is 4.57 Å². The number of nitrogens with two attached hydrogens (primary N) is 1. The normalized spacial score (nSPS) is 22.8. The molecule has 1 aliphatic heterocycles. The van der Waals surface area contributed by atoms with Gasteiger partial charge in [-0.05, 0) is 36.5 Å². The van der Waals surface area contributed by atoms with Gasteiger partial charge in [-0.25, -0.2) is 14.4 Å². The van der Waals surface area contributed by atoms with Gasteiger partial charge in [0.15, 0.2) is 0 Å². The summed E-state index contributed by atoms with van der Waals surface area (Å²) in [5.41, 5.74) is 6.20. The zero-order valence-electron chi connectivity index (χ0n) is 14.9. The van der Waals surface area contributed by atoms with Gasteiger partial charge >= 0.3 is 18.0 Å². The zero-order valence-corrected chi connectivity index (χ0v) is 14.9. The Morgan fingerprint density at radius 1 is 1.32 bits per heavy atom. The molecule has 2 aliphatic rings. The van der Waals surface area contributed by atoms with Crippen LogP contribution in [-0.4, -0.2) is 63.5 Å². The molecule has 0 unspecified atom stereocenters. The minimum Gasteiger partial charge on any atom is -0.491 e. The molecule has 2 fully saturated rings. The van der Waals surface area contributed by atoms with E-state index in [1.54, 1.807) is 18.2 Å². The van der Waals surface area contributed by atoms with Crippen LogP contribution < -0.4 is 15.8 Å². The number of urea groups is 1. The number of piperidine rings is 1. The number of aliphatic hydroxyl groups excluding tert-OH is 1. The predicted molar refractivity (Wildman–Crippen MR) is 98.2 cm³/mol. The second kappa shape index (κ2) is 6.71. The Hall–Kier alpha value is -3.27. The minimum atomic E-state index is -1.01. The summed E-state index contributed by atoms with van der Waals surface area (Å²) in [5.74, 6) is -0.324. The number of nitrogens with one attached hydrogen (secondary N) is 1. The van der Waals surface area contributed by atoms with Crippen LogP contribution in [0.3, 0.4) is 0 Å². The molecule has 2 heterocycles. The third-order valence-corrected chi connectivity index (χ3v) is 5.28. The fraction of sp³-hybridized carbons (Fsp3) is 0.389. The average Bonchev–Trinajstić information content (AvgIpc) is 3.16. The van der Waals surface area contributed by atoms with E-state index in [9.17, 15) is 19.5 Å². The lowest BCUT2D eigenvalue weighted by Crippen LogP contribution is -2.45. The van der Waals surface area contributed by atoms with Gasteiger partial charge < -0.3 is 30.9 Å². The Balaban J connectivity index is 1.64. The summed E-state index contributed by atoms with van der Waals surface area (Å²) in [5, 5.41) is 21.6. The maximum Gasteiger partial charge on any atom is 0.326 e. The van der Waals surface area contributed by atoms with Crippen LogP contribution in [0.5, 0.6) is 5.75 Å². The minimum absolute atomic E-state index is 0.00805. The molecule has 10 heteroatoms. The number of carbonyl (C=O) groups excluding carboxylic acids is 2. The Morgan fingerprint density at radius 3 is 2.79 bits per heavy atom. The van der Waals surface area contributed by atoms with Gasteiger partial charge in [0.1, 0.15) is 18.4 Å². The topological polar surface area (TPSA) is 147 Å². The largest absolute Gasteiger partial charge is 0.491 e. The van der Waals surface area contributed by atoms with Gasteiger partial charge in [-0.2, -0.15) is 0 Å². The van der Waals surface area contributed by atoms with Gasteiger partial charge in [0.25, 0.3) is 0 Å². The molecule has 1 saturated heterocycles. The van der Waals surface area contributed by atoms with Crippen molar-refractivity contribution in [3.63, 3.8) is 0 Å². The highest BCUT2D eigenvalue weighted by Gasteiger charge is 2.57. The van der Waals surface area contributed by atoms with Gasteiger partial charge in [-0.15, -0.1) is 0 Å². The van der Waals surface area contributed by atoms with E-state index >= 15 is 0 Å². The highest BCUT2D eigenvalue weighted by atomic mass is 16.5. The van der Waals surface area contributed by atoms with Crippen molar-refractivity contribution in [1.82, 2.24) is 9.47 Å². The van der Waals surface area contributed by atoms with Crippen LogP contribution in [0.25, 0.3) is 10.9 Å². The number of rotatable bonds is 5. The maximum atomic E-state index is 12.7. The van der Waals surface area contributed by atoms with Crippen LogP contribution in [0.1, 0.15) is 6.42 Å². The predicted octanol–water partition coefficient (Wildman–Crippen LogP) is 0.876. The molecule has 28 heavy (non-hydrogen) atoms. The molecule has 0 spiro atoms. The SMILES string of the molecule is NC(=O)n1cc(NC(=O)N2C[C@@H]3C[C@@H]3[C@H]2C(=O)O)c2cc(OCCO)ccc21. The number of amides is 3. The van der Waals surface area contributed by atoms with Gasteiger partial charge in [0.05, 0.1) is 17.8 Å². The second-order valence-corrected chi connectivity index (χ2v) is 7.03. The monoisotopic (exact) mass is 388 g/mol. The molecule has 1 aromatic heterocycles. The van der Waals surface area contributed by atoms with E-state index in [2.05, 4.69) is 5.32 Å². The Labute approximate surface area is 159 Å². The lowest BCUT2D eigenvalue weighted by atomic mass is 10.2. The molecule has 3 amide bonds.